The maximum Gasteiger partial charge on any atom is 0.307 e. The molecule has 6 heteroatoms. The molecule has 0 bridgehead atoms. The van der Waals surface area contributed by atoms with Crippen molar-refractivity contribution in [2.75, 3.05) is 13.3 Å². The molecule has 1 aromatic rings. The topological polar surface area (TPSA) is 84.9 Å². The van der Waals surface area contributed by atoms with E-state index in [-0.39, 0.29) is 12.7 Å². The summed E-state index contributed by atoms with van der Waals surface area (Å²) >= 11 is 0. The van der Waals surface area contributed by atoms with Crippen LogP contribution in [0.3, 0.4) is 0 Å². The van der Waals surface area contributed by atoms with Gasteiger partial charge in [-0.05, 0) is 37.0 Å². The predicted octanol–water partition coefficient (Wildman–Crippen LogP) is 1.74. The minimum atomic E-state index is -0.912. The van der Waals surface area contributed by atoms with Crippen molar-refractivity contribution < 1.29 is 24.2 Å². The lowest BCUT2D eigenvalue weighted by molar-refractivity contribution is -0.147. The molecule has 1 aromatic carbocycles. The lowest BCUT2D eigenvalue weighted by atomic mass is 9.82. The van der Waals surface area contributed by atoms with Crippen molar-refractivity contribution in [3.8, 4) is 11.5 Å². The number of nitrogens with one attached hydrogen (secondary N) is 1. The zero-order valence-electron chi connectivity index (χ0n) is 12.7. The molecule has 0 spiro atoms. The van der Waals surface area contributed by atoms with Crippen LogP contribution in [0.25, 0.3) is 0 Å². The Bertz CT molecular complexity index is 640. The third-order valence-corrected chi connectivity index (χ3v) is 4.24. The highest BCUT2D eigenvalue weighted by atomic mass is 16.7. The van der Waals surface area contributed by atoms with Crippen LogP contribution in [-0.4, -0.2) is 30.3 Å². The lowest BCUT2D eigenvalue weighted by Crippen LogP contribution is -2.39. The van der Waals surface area contributed by atoms with Crippen LogP contribution >= 0.6 is 0 Å². The maximum atomic E-state index is 12.2. The third kappa shape index (κ3) is 3.47. The number of allylic oxidation sites excluding steroid dienone is 2. The van der Waals surface area contributed by atoms with Crippen molar-refractivity contribution in [1.29, 1.82) is 0 Å². The molecule has 0 saturated carbocycles. The first-order chi connectivity index (χ1) is 11.1. The summed E-state index contributed by atoms with van der Waals surface area (Å²) in [7, 11) is 0. The molecular weight excluding hydrogens is 298 g/mol. The van der Waals surface area contributed by atoms with Gasteiger partial charge in [0.1, 0.15) is 0 Å². The average molecular weight is 317 g/mol. The van der Waals surface area contributed by atoms with Crippen molar-refractivity contribution in [2.45, 2.75) is 19.3 Å². The van der Waals surface area contributed by atoms with Crippen molar-refractivity contribution in [3.05, 3.63) is 35.9 Å². The molecule has 1 heterocycles. The quantitative estimate of drug-likeness (QED) is 0.808. The van der Waals surface area contributed by atoms with Crippen molar-refractivity contribution in [1.82, 2.24) is 5.32 Å². The molecule has 23 heavy (non-hydrogen) atoms. The monoisotopic (exact) mass is 317 g/mol. The Morgan fingerprint density at radius 3 is 2.65 bits per heavy atom. The molecule has 3 rings (SSSR count). The standard InChI is InChI=1S/C17H19NO5/c19-16(12-3-1-2-4-13(12)17(20)21)18-8-7-11-5-6-14-15(9-11)23-10-22-14/h1-2,5-6,9,12-13H,3-4,7-8,10H2,(H,18,19)(H,20,21)/t12-,13+/m0/s1. The van der Waals surface area contributed by atoms with E-state index in [0.29, 0.717) is 25.8 Å². The van der Waals surface area contributed by atoms with Crippen LogP contribution in [0.2, 0.25) is 0 Å². The second kappa shape index (κ2) is 6.73. The fraction of sp³-hybridized carbons (Fsp3) is 0.412. The minimum absolute atomic E-state index is 0.192. The Labute approximate surface area is 134 Å². The number of ether oxygens (including phenoxy) is 2. The zero-order valence-corrected chi connectivity index (χ0v) is 12.7. The maximum absolute atomic E-state index is 12.2. The summed E-state index contributed by atoms with van der Waals surface area (Å²) in [5.41, 5.74) is 1.04. The number of carbonyl (C=O) groups is 2. The molecule has 1 amide bonds. The molecule has 2 atom stereocenters. The highest BCUT2D eigenvalue weighted by Crippen LogP contribution is 2.32. The van der Waals surface area contributed by atoms with E-state index in [9.17, 15) is 14.7 Å². The van der Waals surface area contributed by atoms with Gasteiger partial charge in [-0.1, -0.05) is 18.2 Å². The number of aliphatic carboxylic acids is 1. The number of hydrogen-bond acceptors (Lipinski definition) is 4. The van der Waals surface area contributed by atoms with E-state index in [1.807, 2.05) is 30.4 Å². The summed E-state index contributed by atoms with van der Waals surface area (Å²) in [5, 5.41) is 12.1. The largest absolute Gasteiger partial charge is 0.481 e. The Balaban J connectivity index is 1.53. The van der Waals surface area contributed by atoms with Crippen LogP contribution < -0.4 is 14.8 Å². The summed E-state index contributed by atoms with van der Waals surface area (Å²) in [6.45, 7) is 0.701. The molecule has 0 unspecified atom stereocenters. The number of amides is 1. The molecule has 0 radical (unpaired) electrons. The average Bonchev–Trinajstić information content (AvgIpc) is 3.02. The van der Waals surface area contributed by atoms with Gasteiger partial charge in [0, 0.05) is 6.54 Å². The van der Waals surface area contributed by atoms with E-state index < -0.39 is 17.8 Å². The highest BCUT2D eigenvalue weighted by Gasteiger charge is 2.33. The number of benzene rings is 1. The van der Waals surface area contributed by atoms with Crippen LogP contribution in [0.4, 0.5) is 0 Å². The Morgan fingerprint density at radius 2 is 1.87 bits per heavy atom. The van der Waals surface area contributed by atoms with Gasteiger partial charge in [-0.2, -0.15) is 0 Å². The van der Waals surface area contributed by atoms with E-state index in [2.05, 4.69) is 5.32 Å². The molecule has 122 valence electrons. The van der Waals surface area contributed by atoms with Crippen LogP contribution in [0.5, 0.6) is 11.5 Å². The van der Waals surface area contributed by atoms with Crippen molar-refractivity contribution >= 4 is 11.9 Å². The highest BCUT2D eigenvalue weighted by molar-refractivity contribution is 5.85. The second-order valence-corrected chi connectivity index (χ2v) is 5.72. The summed E-state index contributed by atoms with van der Waals surface area (Å²) in [6, 6.07) is 5.69. The summed E-state index contributed by atoms with van der Waals surface area (Å²) in [5.74, 6) is -0.777. The summed E-state index contributed by atoms with van der Waals surface area (Å²) in [6.07, 6.45) is 5.25. The molecule has 2 aliphatic rings. The van der Waals surface area contributed by atoms with E-state index in [4.69, 9.17) is 9.47 Å². The van der Waals surface area contributed by atoms with Gasteiger partial charge in [0.05, 0.1) is 11.8 Å². The van der Waals surface area contributed by atoms with Crippen molar-refractivity contribution in [3.63, 3.8) is 0 Å². The van der Waals surface area contributed by atoms with Gasteiger partial charge in [0.15, 0.2) is 11.5 Å². The van der Waals surface area contributed by atoms with Crippen LogP contribution in [0, 0.1) is 11.8 Å². The first-order valence-electron chi connectivity index (χ1n) is 7.69. The van der Waals surface area contributed by atoms with Gasteiger partial charge >= 0.3 is 5.97 Å². The second-order valence-electron chi connectivity index (χ2n) is 5.72. The molecule has 0 aromatic heterocycles. The molecule has 0 fully saturated rings. The van der Waals surface area contributed by atoms with E-state index in [0.717, 1.165) is 17.1 Å². The van der Waals surface area contributed by atoms with Gasteiger partial charge < -0.3 is 19.9 Å². The summed E-state index contributed by atoms with van der Waals surface area (Å²) < 4.78 is 10.6. The Hall–Kier alpha value is -2.50. The smallest absolute Gasteiger partial charge is 0.307 e. The number of fused-ring (bicyclic) bond motifs is 1. The van der Waals surface area contributed by atoms with Crippen LogP contribution in [0.15, 0.2) is 30.4 Å². The first-order valence-corrected chi connectivity index (χ1v) is 7.69. The normalized spacial score (nSPS) is 21.9. The van der Waals surface area contributed by atoms with Crippen LogP contribution in [0.1, 0.15) is 18.4 Å². The van der Waals surface area contributed by atoms with E-state index >= 15 is 0 Å². The van der Waals surface area contributed by atoms with E-state index in [1.165, 1.54) is 0 Å². The summed E-state index contributed by atoms with van der Waals surface area (Å²) in [4.78, 5) is 23.5. The zero-order chi connectivity index (χ0) is 16.2. The van der Waals surface area contributed by atoms with Crippen molar-refractivity contribution in [2.24, 2.45) is 11.8 Å². The number of carboxylic acid groups (broad SMARTS) is 1. The molecular formula is C17H19NO5. The van der Waals surface area contributed by atoms with Gasteiger partial charge in [0.25, 0.3) is 0 Å². The minimum Gasteiger partial charge on any atom is -0.481 e. The van der Waals surface area contributed by atoms with Gasteiger partial charge in [-0.3, -0.25) is 9.59 Å². The molecule has 2 N–H and O–H groups in total. The number of carboxylic acids is 1. The fourth-order valence-electron chi connectivity index (χ4n) is 2.93. The number of rotatable bonds is 5. The SMILES string of the molecule is O=C(NCCc1ccc2c(c1)OCO2)[C@H]1CC=CC[C@H]1C(=O)O. The Kier molecular flexibility index (Phi) is 4.50. The predicted molar refractivity (Wildman–Crippen MR) is 82.3 cm³/mol. The number of hydrogen-bond donors (Lipinski definition) is 2. The fourth-order valence-corrected chi connectivity index (χ4v) is 2.93. The van der Waals surface area contributed by atoms with E-state index in [1.54, 1.807) is 0 Å². The molecule has 0 saturated heterocycles. The van der Waals surface area contributed by atoms with Crippen LogP contribution in [-0.2, 0) is 16.0 Å². The molecule has 1 aliphatic heterocycles. The van der Waals surface area contributed by atoms with Gasteiger partial charge in [0.2, 0.25) is 12.7 Å². The Morgan fingerprint density at radius 1 is 1.13 bits per heavy atom. The molecule has 1 aliphatic carbocycles. The number of carbonyl (C=O) groups excluding carboxylic acids is 1. The van der Waals surface area contributed by atoms with Gasteiger partial charge in [-0.15, -0.1) is 0 Å². The van der Waals surface area contributed by atoms with Gasteiger partial charge in [-0.25, -0.2) is 0 Å². The lowest BCUT2D eigenvalue weighted by Gasteiger charge is -2.24. The third-order valence-electron chi connectivity index (χ3n) is 4.24. The first kappa shape index (κ1) is 15.4. The molecule has 6 nitrogen and oxygen atoms in total.